The normalized spacial score (nSPS) is 13.9. The summed E-state index contributed by atoms with van der Waals surface area (Å²) in [6, 6.07) is 5.88. The van der Waals surface area contributed by atoms with Gasteiger partial charge in [0.15, 0.2) is 5.13 Å². The lowest BCUT2D eigenvalue weighted by Gasteiger charge is -2.20. The van der Waals surface area contributed by atoms with Gasteiger partial charge >= 0.3 is 0 Å². The molecule has 3 rings (SSSR count). The van der Waals surface area contributed by atoms with E-state index >= 15 is 0 Å². The Bertz CT molecular complexity index is 1010. The van der Waals surface area contributed by atoms with Crippen molar-refractivity contribution in [3.05, 3.63) is 65.7 Å². The van der Waals surface area contributed by atoms with E-state index in [9.17, 15) is 13.2 Å². The van der Waals surface area contributed by atoms with Crippen LogP contribution in [-0.4, -0.2) is 55.2 Å². The zero-order valence-electron chi connectivity index (χ0n) is 16.7. The van der Waals surface area contributed by atoms with Crippen LogP contribution in [0.5, 0.6) is 0 Å². The van der Waals surface area contributed by atoms with Crippen molar-refractivity contribution in [1.82, 2.24) is 14.2 Å². The summed E-state index contributed by atoms with van der Waals surface area (Å²) < 4.78 is 26.7. The van der Waals surface area contributed by atoms with E-state index in [1.54, 1.807) is 0 Å². The van der Waals surface area contributed by atoms with Crippen molar-refractivity contribution in [1.29, 1.82) is 0 Å². The third kappa shape index (κ3) is 5.35. The van der Waals surface area contributed by atoms with Crippen LogP contribution in [0.2, 0.25) is 0 Å². The minimum Gasteiger partial charge on any atom is -0.301 e. The smallest absolute Gasteiger partial charge is 0.257 e. The molecule has 10 heteroatoms. The Morgan fingerprint density at radius 3 is 2.50 bits per heavy atom. The molecule has 7 nitrogen and oxygen atoms in total. The monoisotopic (exact) mass is 468 g/mol. The van der Waals surface area contributed by atoms with Crippen LogP contribution < -0.4 is 5.32 Å². The number of hydrogen-bond acceptors (Lipinski definition) is 6. The first kappa shape index (κ1) is 24.2. The minimum absolute atomic E-state index is 0. The van der Waals surface area contributed by atoms with Gasteiger partial charge in [0.05, 0.1) is 10.6 Å². The maximum absolute atomic E-state index is 12.7. The van der Waals surface area contributed by atoms with E-state index in [4.69, 9.17) is 0 Å². The average molecular weight is 469 g/mol. The number of rotatable bonds is 8. The van der Waals surface area contributed by atoms with E-state index in [1.165, 1.54) is 56.9 Å². The van der Waals surface area contributed by atoms with Crippen LogP contribution in [0.1, 0.15) is 20.9 Å². The van der Waals surface area contributed by atoms with E-state index in [2.05, 4.69) is 35.4 Å². The molecule has 1 aliphatic heterocycles. The second-order valence-electron chi connectivity index (χ2n) is 6.75. The molecule has 1 N–H and O–H groups in total. The van der Waals surface area contributed by atoms with Crippen molar-refractivity contribution in [2.75, 3.05) is 32.0 Å². The van der Waals surface area contributed by atoms with Crippen LogP contribution in [0.15, 0.2) is 54.5 Å². The highest BCUT2D eigenvalue weighted by Gasteiger charge is 2.23. The highest BCUT2D eigenvalue weighted by Crippen LogP contribution is 2.28. The third-order valence-electron chi connectivity index (χ3n) is 4.56. The molecule has 1 amide bonds. The van der Waals surface area contributed by atoms with Crippen LogP contribution in [-0.2, 0) is 23.0 Å². The highest BCUT2D eigenvalue weighted by atomic mass is 35.5. The standard InChI is InChI=1S/C20H24N4O3S2.ClH/c1-4-11-24(12-5-2)29(26,27)16-8-6-15(7-9-16)19(25)22-20-21-17-10-13-23(3)14-18(17)28-20;/h4-9H,1-2,10-14H2,3H3,(H,21,22,25);1H. The van der Waals surface area contributed by atoms with Crippen molar-refractivity contribution in [2.45, 2.75) is 17.9 Å². The first-order valence-electron chi connectivity index (χ1n) is 9.15. The summed E-state index contributed by atoms with van der Waals surface area (Å²) in [5.74, 6) is -0.317. The van der Waals surface area contributed by atoms with E-state index in [1.807, 2.05) is 0 Å². The van der Waals surface area contributed by atoms with Gasteiger partial charge in [0.2, 0.25) is 10.0 Å². The highest BCUT2D eigenvalue weighted by molar-refractivity contribution is 7.89. The van der Waals surface area contributed by atoms with Crippen molar-refractivity contribution >= 4 is 44.8 Å². The number of fused-ring (bicyclic) bond motifs is 1. The molecule has 0 bridgehead atoms. The number of carbonyl (C=O) groups excluding carboxylic acids is 1. The van der Waals surface area contributed by atoms with Gasteiger partial charge in [0.25, 0.3) is 5.91 Å². The van der Waals surface area contributed by atoms with E-state index in [0.717, 1.165) is 25.2 Å². The lowest BCUT2D eigenvalue weighted by atomic mass is 10.2. The molecule has 30 heavy (non-hydrogen) atoms. The Hall–Kier alpha value is -2.04. The summed E-state index contributed by atoms with van der Waals surface area (Å²) in [5.41, 5.74) is 1.41. The molecule has 2 heterocycles. The van der Waals surface area contributed by atoms with Gasteiger partial charge in [-0.1, -0.05) is 12.2 Å². The Morgan fingerprint density at radius 1 is 1.27 bits per heavy atom. The SMILES string of the molecule is C=CCN(CC=C)S(=O)(=O)c1ccc(C(=O)Nc2nc3c(s2)CN(C)CC3)cc1.Cl. The summed E-state index contributed by atoms with van der Waals surface area (Å²) in [5, 5.41) is 3.38. The number of benzene rings is 1. The largest absolute Gasteiger partial charge is 0.301 e. The predicted octanol–water partition coefficient (Wildman–Crippen LogP) is 3.17. The summed E-state index contributed by atoms with van der Waals surface area (Å²) >= 11 is 1.48. The molecule has 1 aliphatic rings. The first-order valence-corrected chi connectivity index (χ1v) is 11.4. The number of likely N-dealkylation sites (N-methyl/N-ethyl adjacent to an activating group) is 1. The molecule has 0 saturated heterocycles. The lowest BCUT2D eigenvalue weighted by Crippen LogP contribution is -2.31. The fraction of sp³-hybridized carbons (Fsp3) is 0.300. The van der Waals surface area contributed by atoms with Crippen LogP contribution >= 0.6 is 23.7 Å². The topological polar surface area (TPSA) is 82.6 Å². The second kappa shape index (κ2) is 10.3. The Balaban J connectivity index is 0.00000320. The number of amides is 1. The van der Waals surface area contributed by atoms with Gasteiger partial charge in [0, 0.05) is 43.0 Å². The van der Waals surface area contributed by atoms with Crippen LogP contribution in [0.25, 0.3) is 0 Å². The maximum atomic E-state index is 12.7. The number of aromatic nitrogens is 1. The predicted molar refractivity (Wildman–Crippen MR) is 123 cm³/mol. The zero-order chi connectivity index (χ0) is 21.0. The minimum atomic E-state index is -3.69. The number of carbonyl (C=O) groups is 1. The van der Waals surface area contributed by atoms with Gasteiger partial charge in [0.1, 0.15) is 0 Å². The fourth-order valence-electron chi connectivity index (χ4n) is 3.03. The van der Waals surface area contributed by atoms with Crippen molar-refractivity contribution in [3.8, 4) is 0 Å². The van der Waals surface area contributed by atoms with Crippen LogP contribution in [0.3, 0.4) is 0 Å². The molecule has 0 spiro atoms. The number of nitrogens with zero attached hydrogens (tertiary/aromatic N) is 3. The zero-order valence-corrected chi connectivity index (χ0v) is 19.2. The molecule has 0 unspecified atom stereocenters. The Labute approximate surface area is 187 Å². The second-order valence-corrected chi connectivity index (χ2v) is 9.78. The molecule has 1 aromatic heterocycles. The van der Waals surface area contributed by atoms with Gasteiger partial charge in [-0.25, -0.2) is 13.4 Å². The average Bonchev–Trinajstić information content (AvgIpc) is 3.09. The van der Waals surface area contributed by atoms with Gasteiger partial charge in [-0.15, -0.1) is 36.9 Å². The number of hydrogen-bond donors (Lipinski definition) is 1. The summed E-state index contributed by atoms with van der Waals surface area (Å²) in [7, 11) is -1.63. The summed E-state index contributed by atoms with van der Waals surface area (Å²) in [4.78, 5) is 20.6. The molecule has 0 atom stereocenters. The van der Waals surface area contributed by atoms with E-state index in [0.29, 0.717) is 10.7 Å². The third-order valence-corrected chi connectivity index (χ3v) is 7.41. The number of thiazole rings is 1. The van der Waals surface area contributed by atoms with Gasteiger partial charge in [-0.2, -0.15) is 4.31 Å². The molecule has 0 fully saturated rings. The summed E-state index contributed by atoms with van der Waals surface area (Å²) in [6.45, 7) is 9.34. The van der Waals surface area contributed by atoms with Gasteiger partial charge in [-0.3, -0.25) is 10.1 Å². The van der Waals surface area contributed by atoms with Crippen molar-refractivity contribution in [3.63, 3.8) is 0 Å². The fourth-order valence-corrected chi connectivity index (χ4v) is 5.50. The van der Waals surface area contributed by atoms with Crippen molar-refractivity contribution < 1.29 is 13.2 Å². The quantitative estimate of drug-likeness (QED) is 0.602. The van der Waals surface area contributed by atoms with Gasteiger partial charge in [-0.05, 0) is 31.3 Å². The molecule has 0 aliphatic carbocycles. The molecule has 1 aromatic carbocycles. The Kier molecular flexibility index (Phi) is 8.34. The van der Waals surface area contributed by atoms with E-state index < -0.39 is 10.0 Å². The Morgan fingerprint density at radius 2 is 1.90 bits per heavy atom. The van der Waals surface area contributed by atoms with Crippen LogP contribution in [0.4, 0.5) is 5.13 Å². The maximum Gasteiger partial charge on any atom is 0.257 e. The van der Waals surface area contributed by atoms with Gasteiger partial charge < -0.3 is 4.90 Å². The molecular formula is C20H25ClN4O3S2. The number of sulfonamides is 1. The lowest BCUT2D eigenvalue weighted by molar-refractivity contribution is 0.102. The van der Waals surface area contributed by atoms with E-state index in [-0.39, 0.29) is 36.3 Å². The molecular weight excluding hydrogens is 444 g/mol. The van der Waals surface area contributed by atoms with Crippen molar-refractivity contribution in [2.24, 2.45) is 0 Å². The first-order chi connectivity index (χ1) is 13.8. The molecule has 0 radical (unpaired) electrons. The number of halogens is 1. The summed E-state index contributed by atoms with van der Waals surface area (Å²) in [6.07, 6.45) is 3.92. The number of anilines is 1. The molecule has 2 aromatic rings. The van der Waals surface area contributed by atoms with Crippen LogP contribution in [0, 0.1) is 0 Å². The molecule has 162 valence electrons. The molecule has 0 saturated carbocycles. The number of nitrogens with one attached hydrogen (secondary N) is 1.